The summed E-state index contributed by atoms with van der Waals surface area (Å²) in [6, 6.07) is 0.751. The van der Waals surface area contributed by atoms with E-state index in [2.05, 4.69) is 5.32 Å². The normalized spacial score (nSPS) is 57.2. The summed E-state index contributed by atoms with van der Waals surface area (Å²) in [6.45, 7) is 1.24. The van der Waals surface area contributed by atoms with Crippen molar-refractivity contribution < 1.29 is 0 Å². The van der Waals surface area contributed by atoms with E-state index in [4.69, 9.17) is 5.73 Å². The van der Waals surface area contributed by atoms with Gasteiger partial charge in [0, 0.05) is 11.6 Å². The first-order chi connectivity index (χ1) is 5.73. The standard InChI is InChI=1S/C10H18N2/c11-10-3-7-1-8(4-10)6-12-9(2-7)5-10/h7-9,12H,1-6,11H2/t7-,8-,9+,10-/m0/s1. The van der Waals surface area contributed by atoms with Gasteiger partial charge in [-0.2, -0.15) is 0 Å². The number of hydrogen-bond donors (Lipinski definition) is 2. The second-order valence-electron chi connectivity index (χ2n) is 5.28. The van der Waals surface area contributed by atoms with Crippen LogP contribution < -0.4 is 11.1 Å². The van der Waals surface area contributed by atoms with E-state index >= 15 is 0 Å². The fourth-order valence-corrected chi connectivity index (χ4v) is 3.84. The van der Waals surface area contributed by atoms with Crippen molar-refractivity contribution in [2.24, 2.45) is 17.6 Å². The molecule has 4 fully saturated rings. The molecule has 2 nitrogen and oxygen atoms in total. The largest absolute Gasteiger partial charge is 0.325 e. The number of nitrogens with two attached hydrogens (primary N) is 1. The lowest BCUT2D eigenvalue weighted by Gasteiger charge is -2.45. The summed E-state index contributed by atoms with van der Waals surface area (Å²) in [4.78, 5) is 0. The number of rotatable bonds is 0. The molecule has 2 heterocycles. The van der Waals surface area contributed by atoms with Crippen LogP contribution in [0.2, 0.25) is 0 Å². The highest BCUT2D eigenvalue weighted by Gasteiger charge is 2.46. The van der Waals surface area contributed by atoms with Crippen LogP contribution in [0.25, 0.3) is 0 Å². The maximum atomic E-state index is 6.38. The highest BCUT2D eigenvalue weighted by atomic mass is 15.0. The van der Waals surface area contributed by atoms with Gasteiger partial charge in [0.05, 0.1) is 0 Å². The molecule has 12 heavy (non-hydrogen) atoms. The highest BCUT2D eigenvalue weighted by molar-refractivity contribution is 5.04. The number of hydrogen-bond acceptors (Lipinski definition) is 2. The van der Waals surface area contributed by atoms with E-state index in [1.807, 2.05) is 0 Å². The van der Waals surface area contributed by atoms with Crippen LogP contribution in [-0.2, 0) is 0 Å². The van der Waals surface area contributed by atoms with E-state index in [0.29, 0.717) is 0 Å². The van der Waals surface area contributed by atoms with E-state index in [-0.39, 0.29) is 5.54 Å². The summed E-state index contributed by atoms with van der Waals surface area (Å²) in [6.07, 6.45) is 6.67. The maximum Gasteiger partial charge on any atom is 0.0175 e. The van der Waals surface area contributed by atoms with Crippen molar-refractivity contribution in [3.05, 3.63) is 0 Å². The molecule has 0 aromatic heterocycles. The fourth-order valence-electron chi connectivity index (χ4n) is 3.84. The van der Waals surface area contributed by atoms with E-state index in [9.17, 15) is 0 Å². The molecular weight excluding hydrogens is 148 g/mol. The van der Waals surface area contributed by atoms with Crippen LogP contribution >= 0.6 is 0 Å². The van der Waals surface area contributed by atoms with Gasteiger partial charge in [-0.3, -0.25) is 0 Å². The third-order valence-electron chi connectivity index (χ3n) is 4.02. The molecule has 0 amide bonds. The summed E-state index contributed by atoms with van der Waals surface area (Å²) in [5, 5.41) is 3.65. The molecule has 4 atom stereocenters. The lowest BCUT2D eigenvalue weighted by Crippen LogP contribution is -2.52. The van der Waals surface area contributed by atoms with Crippen LogP contribution in [0, 0.1) is 11.8 Å². The molecule has 0 spiro atoms. The van der Waals surface area contributed by atoms with E-state index in [1.54, 1.807) is 0 Å². The average Bonchev–Trinajstić information content (AvgIpc) is 2.14. The van der Waals surface area contributed by atoms with Crippen LogP contribution in [0.5, 0.6) is 0 Å². The van der Waals surface area contributed by atoms with Gasteiger partial charge in [0.1, 0.15) is 0 Å². The molecular formula is C10H18N2. The zero-order chi connectivity index (χ0) is 8.18. The zero-order valence-electron chi connectivity index (χ0n) is 7.55. The van der Waals surface area contributed by atoms with E-state index < -0.39 is 0 Å². The minimum atomic E-state index is 0.222. The lowest BCUT2D eigenvalue weighted by molar-refractivity contribution is 0.124. The Balaban J connectivity index is 1.95. The predicted molar refractivity (Wildman–Crippen MR) is 48.8 cm³/mol. The van der Waals surface area contributed by atoms with Gasteiger partial charge in [0.15, 0.2) is 0 Å². The summed E-state index contributed by atoms with van der Waals surface area (Å²) in [5.74, 6) is 1.84. The van der Waals surface area contributed by atoms with Crippen molar-refractivity contribution in [2.45, 2.75) is 43.7 Å². The Morgan fingerprint density at radius 2 is 1.92 bits per heavy atom. The third kappa shape index (κ3) is 1.01. The maximum absolute atomic E-state index is 6.38. The minimum Gasteiger partial charge on any atom is -0.325 e. The Labute approximate surface area is 73.9 Å². The van der Waals surface area contributed by atoms with Crippen LogP contribution in [0.15, 0.2) is 0 Å². The molecule has 2 aliphatic carbocycles. The smallest absolute Gasteiger partial charge is 0.0175 e. The molecule has 68 valence electrons. The van der Waals surface area contributed by atoms with Crippen molar-refractivity contribution in [1.29, 1.82) is 0 Å². The molecule has 2 heteroatoms. The van der Waals surface area contributed by atoms with Gasteiger partial charge in [-0.05, 0) is 50.5 Å². The Morgan fingerprint density at radius 1 is 1.08 bits per heavy atom. The zero-order valence-corrected chi connectivity index (χ0v) is 7.55. The molecule has 0 unspecified atom stereocenters. The van der Waals surface area contributed by atoms with Crippen LogP contribution in [-0.4, -0.2) is 18.1 Å². The van der Waals surface area contributed by atoms with Gasteiger partial charge in [-0.1, -0.05) is 0 Å². The quantitative estimate of drug-likeness (QED) is 0.560. The van der Waals surface area contributed by atoms with E-state index in [0.717, 1.165) is 17.9 Å². The summed E-state index contributed by atoms with van der Waals surface area (Å²) in [5.41, 5.74) is 6.60. The number of fused-ring (bicyclic) bond motifs is 1. The molecule has 3 N–H and O–H groups in total. The molecule has 4 bridgehead atoms. The molecule has 4 rings (SSSR count). The Kier molecular flexibility index (Phi) is 1.37. The molecule has 2 saturated carbocycles. The van der Waals surface area contributed by atoms with Crippen molar-refractivity contribution in [3.63, 3.8) is 0 Å². The highest BCUT2D eigenvalue weighted by Crippen LogP contribution is 2.45. The molecule has 0 radical (unpaired) electrons. The van der Waals surface area contributed by atoms with Crippen molar-refractivity contribution in [3.8, 4) is 0 Å². The molecule has 4 aliphatic rings. The molecule has 0 aromatic rings. The van der Waals surface area contributed by atoms with Crippen molar-refractivity contribution in [1.82, 2.24) is 5.32 Å². The molecule has 0 aromatic carbocycles. The summed E-state index contributed by atoms with van der Waals surface area (Å²) in [7, 11) is 0. The first-order valence-electron chi connectivity index (χ1n) is 5.26. The molecule has 2 aliphatic heterocycles. The van der Waals surface area contributed by atoms with Gasteiger partial charge < -0.3 is 11.1 Å². The van der Waals surface area contributed by atoms with Crippen LogP contribution in [0.3, 0.4) is 0 Å². The van der Waals surface area contributed by atoms with Gasteiger partial charge >= 0.3 is 0 Å². The van der Waals surface area contributed by atoms with Crippen LogP contribution in [0.4, 0.5) is 0 Å². The van der Waals surface area contributed by atoms with Gasteiger partial charge in [0.25, 0.3) is 0 Å². The van der Waals surface area contributed by atoms with Crippen LogP contribution in [0.1, 0.15) is 32.1 Å². The average molecular weight is 166 g/mol. The minimum absolute atomic E-state index is 0.222. The van der Waals surface area contributed by atoms with Gasteiger partial charge in [0.2, 0.25) is 0 Å². The molecule has 2 saturated heterocycles. The predicted octanol–water partition coefficient (Wildman–Crippen LogP) is 0.866. The topological polar surface area (TPSA) is 38.0 Å². The van der Waals surface area contributed by atoms with Crippen molar-refractivity contribution >= 4 is 0 Å². The summed E-state index contributed by atoms with van der Waals surface area (Å²) < 4.78 is 0. The second kappa shape index (κ2) is 2.24. The SMILES string of the molecule is N[C@]12C[C@H]3CN[C@H](C[C@H](C3)C1)C2. The third-order valence-corrected chi connectivity index (χ3v) is 4.02. The van der Waals surface area contributed by atoms with Gasteiger partial charge in [-0.25, -0.2) is 0 Å². The Bertz CT molecular complexity index is 186. The Morgan fingerprint density at radius 3 is 2.75 bits per heavy atom. The Hall–Kier alpha value is -0.0800. The summed E-state index contributed by atoms with van der Waals surface area (Å²) >= 11 is 0. The van der Waals surface area contributed by atoms with Gasteiger partial charge in [-0.15, -0.1) is 0 Å². The monoisotopic (exact) mass is 166 g/mol. The first-order valence-corrected chi connectivity index (χ1v) is 5.26. The van der Waals surface area contributed by atoms with E-state index in [1.165, 1.54) is 38.6 Å². The van der Waals surface area contributed by atoms with Crippen molar-refractivity contribution in [2.75, 3.05) is 6.54 Å². The number of nitrogens with one attached hydrogen (secondary N) is 1. The fraction of sp³-hybridized carbons (Fsp3) is 1.00. The first kappa shape index (κ1) is 7.34. The second-order valence-corrected chi connectivity index (χ2v) is 5.28. The lowest BCUT2D eigenvalue weighted by atomic mass is 9.64.